The number of Topliss-reactive ketones (excluding diaryl/α,β-unsaturated/α-hetero) is 1. The quantitative estimate of drug-likeness (QED) is 0.334. The first-order valence-corrected chi connectivity index (χ1v) is 12.1. The van der Waals surface area contributed by atoms with Gasteiger partial charge in [0.15, 0.2) is 23.1 Å². The van der Waals surface area contributed by atoms with Crippen LogP contribution in [0, 0.1) is 17.8 Å². The van der Waals surface area contributed by atoms with Gasteiger partial charge >= 0.3 is 6.09 Å². The Hall–Kier alpha value is -3.53. The number of hydrogen-bond acceptors (Lipinski definition) is 8. The minimum Gasteiger partial charge on any atom is -0.504 e. The third-order valence-corrected chi connectivity index (χ3v) is 7.98. The number of phenolic OH excluding ortho intramolecular Hbond substituents is 1. The molecule has 1 aromatic carbocycles. The van der Waals surface area contributed by atoms with Gasteiger partial charge in [-0.05, 0) is 43.9 Å². The van der Waals surface area contributed by atoms with E-state index in [1.807, 2.05) is 0 Å². The number of likely N-dealkylation sites (tertiary alicyclic amines) is 1. The molecule has 3 amide bonds. The highest BCUT2D eigenvalue weighted by molar-refractivity contribution is 9.10. The van der Waals surface area contributed by atoms with E-state index in [-0.39, 0.29) is 52.6 Å². The number of allylic oxidation sites excluding steroid dienone is 6. The highest BCUT2D eigenvalue weighted by Gasteiger charge is 2.58. The van der Waals surface area contributed by atoms with Crippen LogP contribution in [-0.4, -0.2) is 53.7 Å². The summed E-state index contributed by atoms with van der Waals surface area (Å²) >= 11 is 3.41. The summed E-state index contributed by atoms with van der Waals surface area (Å²) < 4.78 is 10.5. The molecule has 36 heavy (non-hydrogen) atoms. The van der Waals surface area contributed by atoms with E-state index in [2.05, 4.69) is 20.7 Å². The zero-order valence-electron chi connectivity index (χ0n) is 19.7. The summed E-state index contributed by atoms with van der Waals surface area (Å²) in [5, 5.41) is 11.1. The number of imide groups is 3. The van der Waals surface area contributed by atoms with Gasteiger partial charge in [0.1, 0.15) is 0 Å². The van der Waals surface area contributed by atoms with Crippen molar-refractivity contribution in [2.24, 2.45) is 17.8 Å². The molecule has 9 nitrogen and oxygen atoms in total. The van der Waals surface area contributed by atoms with Gasteiger partial charge in [-0.15, -0.1) is 0 Å². The number of carbonyl (C=O) groups is 5. The molecule has 1 saturated heterocycles. The van der Waals surface area contributed by atoms with Gasteiger partial charge in [-0.25, -0.2) is 4.79 Å². The van der Waals surface area contributed by atoms with Crippen molar-refractivity contribution in [2.45, 2.75) is 25.7 Å². The summed E-state index contributed by atoms with van der Waals surface area (Å²) in [6.45, 7) is 1.55. The highest BCUT2D eigenvalue weighted by atomic mass is 79.9. The zero-order chi connectivity index (χ0) is 26.0. The van der Waals surface area contributed by atoms with Crippen LogP contribution in [0.4, 0.5) is 4.79 Å². The summed E-state index contributed by atoms with van der Waals surface area (Å²) in [6.07, 6.45) is 2.26. The van der Waals surface area contributed by atoms with E-state index in [0.29, 0.717) is 20.5 Å². The van der Waals surface area contributed by atoms with Crippen LogP contribution >= 0.6 is 15.9 Å². The Bertz CT molecular complexity index is 1370. The van der Waals surface area contributed by atoms with Gasteiger partial charge in [0, 0.05) is 32.7 Å². The van der Waals surface area contributed by atoms with Gasteiger partial charge in [0.25, 0.3) is 0 Å². The number of amides is 3. The molecule has 1 aromatic rings. The fourth-order valence-corrected chi connectivity index (χ4v) is 6.43. The SMILES string of the molecule is COC(=O)N1C(=O)[C@H]2[C@H](CC=C3[C@H](c4cc(Br)cc(OC)c4O)C4=C(C[C@H]32)C(=O)C(C)=CC4=O)C1=O. The Balaban J connectivity index is 1.73. The van der Waals surface area contributed by atoms with Gasteiger partial charge in [0.2, 0.25) is 11.8 Å². The molecule has 0 saturated carbocycles. The Morgan fingerprint density at radius 1 is 1.11 bits per heavy atom. The molecule has 0 spiro atoms. The van der Waals surface area contributed by atoms with Crippen LogP contribution in [0.2, 0.25) is 0 Å². The molecule has 1 fully saturated rings. The van der Waals surface area contributed by atoms with E-state index in [9.17, 15) is 29.1 Å². The molecule has 10 heteroatoms. The molecule has 0 radical (unpaired) electrons. The number of carbonyl (C=O) groups excluding carboxylic acids is 5. The monoisotopic (exact) mass is 555 g/mol. The maximum atomic E-state index is 13.4. The van der Waals surface area contributed by atoms with Crippen LogP contribution < -0.4 is 4.74 Å². The van der Waals surface area contributed by atoms with Gasteiger partial charge in [-0.1, -0.05) is 27.6 Å². The van der Waals surface area contributed by atoms with Crippen molar-refractivity contribution in [3.05, 3.63) is 56.6 Å². The molecule has 4 atom stereocenters. The lowest BCUT2D eigenvalue weighted by Crippen LogP contribution is -2.40. The van der Waals surface area contributed by atoms with E-state index in [0.717, 1.165) is 7.11 Å². The number of rotatable bonds is 2. The van der Waals surface area contributed by atoms with Crippen molar-refractivity contribution < 1.29 is 38.6 Å². The van der Waals surface area contributed by atoms with Gasteiger partial charge < -0.3 is 14.6 Å². The molecular formula is C26H22BrNO8. The second-order valence-electron chi connectivity index (χ2n) is 9.26. The third kappa shape index (κ3) is 3.31. The first kappa shape index (κ1) is 24.2. The first-order valence-electron chi connectivity index (χ1n) is 11.3. The predicted octanol–water partition coefficient (Wildman–Crippen LogP) is 3.36. The molecule has 1 N–H and O–H groups in total. The van der Waals surface area contributed by atoms with Gasteiger partial charge in [-0.3, -0.25) is 19.2 Å². The maximum Gasteiger partial charge on any atom is 0.423 e. The van der Waals surface area contributed by atoms with Crippen LogP contribution in [0.1, 0.15) is 31.2 Å². The molecule has 186 valence electrons. The Morgan fingerprint density at radius 3 is 2.50 bits per heavy atom. The number of hydrogen-bond donors (Lipinski definition) is 1. The minimum absolute atomic E-state index is 0.0640. The summed E-state index contributed by atoms with van der Waals surface area (Å²) in [7, 11) is 2.49. The minimum atomic E-state index is -1.05. The second-order valence-corrected chi connectivity index (χ2v) is 10.2. The number of aromatic hydroxyl groups is 1. The standard InChI is InChI=1S/C26H22BrNO8/c1-10-6-17(29)21-16(22(10)30)9-14-12(19(21)15-7-11(27)8-18(35-2)23(15)31)4-5-13-20(14)25(33)28(24(13)32)26(34)36-3/h4,6-8,13-14,19-20,31H,5,9H2,1-3H3/t13-,14+,19+,20-/m0/s1. The highest BCUT2D eigenvalue weighted by Crippen LogP contribution is 2.57. The third-order valence-electron chi connectivity index (χ3n) is 7.52. The molecule has 4 aliphatic rings. The number of benzene rings is 1. The lowest BCUT2D eigenvalue weighted by atomic mass is 9.59. The molecule has 0 aromatic heterocycles. The second kappa shape index (κ2) is 8.55. The number of halogens is 1. The zero-order valence-corrected chi connectivity index (χ0v) is 21.2. The van der Waals surface area contributed by atoms with Crippen LogP contribution in [0.25, 0.3) is 0 Å². The van der Waals surface area contributed by atoms with E-state index < -0.39 is 41.6 Å². The molecule has 3 aliphatic carbocycles. The number of phenols is 1. The Morgan fingerprint density at radius 2 is 1.83 bits per heavy atom. The van der Waals surface area contributed by atoms with E-state index in [4.69, 9.17) is 4.74 Å². The van der Waals surface area contributed by atoms with Crippen LogP contribution in [0.5, 0.6) is 11.5 Å². The smallest absolute Gasteiger partial charge is 0.423 e. The van der Waals surface area contributed by atoms with Crippen LogP contribution in [-0.2, 0) is 23.9 Å². The fourth-order valence-electron chi connectivity index (χ4n) is 5.98. The number of methoxy groups -OCH3 is 2. The summed E-state index contributed by atoms with van der Waals surface area (Å²) in [5.74, 6) is -5.20. The van der Waals surface area contributed by atoms with Gasteiger partial charge in [0.05, 0.1) is 26.1 Å². The Labute approximate surface area is 214 Å². The van der Waals surface area contributed by atoms with Crippen molar-refractivity contribution >= 4 is 45.4 Å². The predicted molar refractivity (Wildman–Crippen MR) is 128 cm³/mol. The lowest BCUT2D eigenvalue weighted by Gasteiger charge is -2.42. The first-order chi connectivity index (χ1) is 17.1. The normalized spacial score (nSPS) is 27.3. The maximum absolute atomic E-state index is 13.4. The number of ether oxygens (including phenoxy) is 2. The van der Waals surface area contributed by atoms with E-state index in [1.54, 1.807) is 25.1 Å². The summed E-state index contributed by atoms with van der Waals surface area (Å²) in [6, 6.07) is 3.22. The average molecular weight is 556 g/mol. The molecule has 0 unspecified atom stereocenters. The topological polar surface area (TPSA) is 127 Å². The Kier molecular flexibility index (Phi) is 5.74. The van der Waals surface area contributed by atoms with Crippen molar-refractivity contribution in [3.8, 4) is 11.5 Å². The van der Waals surface area contributed by atoms with E-state index >= 15 is 0 Å². The number of nitrogens with zero attached hydrogens (tertiary/aromatic N) is 1. The summed E-state index contributed by atoms with van der Waals surface area (Å²) in [4.78, 5) is 65.6. The van der Waals surface area contributed by atoms with Crippen molar-refractivity contribution in [2.75, 3.05) is 14.2 Å². The average Bonchev–Trinajstić information content (AvgIpc) is 3.11. The van der Waals surface area contributed by atoms with Crippen LogP contribution in [0.15, 0.2) is 51.0 Å². The van der Waals surface area contributed by atoms with Gasteiger partial charge in [-0.2, -0.15) is 4.90 Å². The molecule has 0 bridgehead atoms. The van der Waals surface area contributed by atoms with Crippen LogP contribution in [0.3, 0.4) is 0 Å². The fraction of sp³-hybridized carbons (Fsp3) is 0.346. The van der Waals surface area contributed by atoms with Crippen molar-refractivity contribution in [1.29, 1.82) is 0 Å². The lowest BCUT2D eigenvalue weighted by molar-refractivity contribution is -0.137. The van der Waals surface area contributed by atoms with Crippen molar-refractivity contribution in [3.63, 3.8) is 0 Å². The number of ketones is 2. The summed E-state index contributed by atoms with van der Waals surface area (Å²) in [5.41, 5.74) is 1.75. The number of fused-ring (bicyclic) bond motifs is 3. The molecule has 1 aliphatic heterocycles. The molecule has 5 rings (SSSR count). The molecule has 1 heterocycles. The molecular weight excluding hydrogens is 534 g/mol. The van der Waals surface area contributed by atoms with Crippen molar-refractivity contribution in [1.82, 2.24) is 4.90 Å². The van der Waals surface area contributed by atoms with E-state index in [1.165, 1.54) is 13.2 Å². The largest absolute Gasteiger partial charge is 0.504 e.